The fraction of sp³-hybridized carbons (Fsp3) is 0.158. The van der Waals surface area contributed by atoms with E-state index in [0.717, 1.165) is 0 Å². The van der Waals surface area contributed by atoms with E-state index in [2.05, 4.69) is 4.98 Å². The van der Waals surface area contributed by atoms with Crippen molar-refractivity contribution in [3.05, 3.63) is 72.4 Å². The maximum absolute atomic E-state index is 14.2. The fourth-order valence-electron chi connectivity index (χ4n) is 2.77. The molecule has 0 aliphatic heterocycles. The molecule has 146 valence electrons. The van der Waals surface area contributed by atoms with E-state index in [0.29, 0.717) is 11.3 Å². The number of nitrogens with two attached hydrogens (primary N) is 1. The molecule has 2 N–H and O–H groups in total. The van der Waals surface area contributed by atoms with Crippen LogP contribution in [0.3, 0.4) is 0 Å². The van der Waals surface area contributed by atoms with Crippen LogP contribution in [0.1, 0.15) is 11.0 Å². The van der Waals surface area contributed by atoms with Crippen molar-refractivity contribution < 1.29 is 22.3 Å². The van der Waals surface area contributed by atoms with Crippen molar-refractivity contribution in [1.29, 1.82) is 0 Å². The maximum Gasteiger partial charge on any atom is 0.321 e. The summed E-state index contributed by atoms with van der Waals surface area (Å²) in [6.07, 6.45) is 4.07. The molecule has 1 aromatic carbocycles. The second-order valence-corrected chi connectivity index (χ2v) is 8.00. The lowest BCUT2D eigenvalue weighted by molar-refractivity contribution is -0.144. The number of aryl methyl sites for hydroxylation is 1. The Morgan fingerprint density at radius 2 is 2.04 bits per heavy atom. The van der Waals surface area contributed by atoms with Gasteiger partial charge in [0.2, 0.25) is 15.3 Å². The first-order valence-electron chi connectivity index (χ1n) is 8.29. The van der Waals surface area contributed by atoms with E-state index < -0.39 is 33.6 Å². The lowest BCUT2D eigenvalue weighted by atomic mass is 10.1. The Kier molecular flexibility index (Phi) is 5.57. The Labute approximate surface area is 161 Å². The van der Waals surface area contributed by atoms with E-state index >= 15 is 0 Å². The van der Waals surface area contributed by atoms with Gasteiger partial charge in [-0.1, -0.05) is 12.1 Å². The van der Waals surface area contributed by atoms with Crippen LogP contribution in [-0.2, 0) is 26.4 Å². The number of carbonyl (C=O) groups excluding carboxylic acids is 1. The Hall–Kier alpha value is -3.04. The third-order valence-corrected chi connectivity index (χ3v) is 5.93. The highest BCUT2D eigenvalue weighted by molar-refractivity contribution is 7.91. The minimum absolute atomic E-state index is 0.110. The van der Waals surface area contributed by atoms with Gasteiger partial charge < -0.3 is 15.0 Å². The van der Waals surface area contributed by atoms with Crippen LogP contribution in [0, 0.1) is 5.82 Å². The quantitative estimate of drug-likeness (QED) is 0.633. The van der Waals surface area contributed by atoms with E-state index in [9.17, 15) is 17.6 Å². The van der Waals surface area contributed by atoms with E-state index in [4.69, 9.17) is 10.5 Å². The molecule has 2 heterocycles. The van der Waals surface area contributed by atoms with E-state index in [1.165, 1.54) is 42.9 Å². The lowest BCUT2D eigenvalue weighted by Crippen LogP contribution is -2.24. The number of hydrogen-bond acceptors (Lipinski definition) is 6. The molecule has 7 nitrogen and oxygen atoms in total. The smallest absolute Gasteiger partial charge is 0.321 e. The minimum atomic E-state index is -4.12. The monoisotopic (exact) mass is 403 g/mol. The van der Waals surface area contributed by atoms with Crippen LogP contribution in [0.5, 0.6) is 0 Å². The van der Waals surface area contributed by atoms with Gasteiger partial charge in [-0.05, 0) is 30.3 Å². The molecule has 9 heteroatoms. The molecule has 0 radical (unpaired) electrons. The van der Waals surface area contributed by atoms with Crippen LogP contribution in [0.2, 0.25) is 0 Å². The maximum atomic E-state index is 14.2. The summed E-state index contributed by atoms with van der Waals surface area (Å²) < 4.78 is 47.0. The van der Waals surface area contributed by atoms with Gasteiger partial charge in [0.15, 0.2) is 0 Å². The molecule has 0 aliphatic carbocycles. The summed E-state index contributed by atoms with van der Waals surface area (Å²) in [6.45, 7) is -0.480. The standard InChI is InChI=1S/C19H18FN3O4S/c1-23-12-13(9-17(23)15-6-2-3-7-16(15)20)19(27-18(24)10-21)28(25,26)14-5-4-8-22-11-14/h2-9,11-12,19H,10,21H2,1H3. The molecule has 28 heavy (non-hydrogen) atoms. The Bertz CT molecular complexity index is 1100. The van der Waals surface area contributed by atoms with Crippen molar-refractivity contribution in [3.63, 3.8) is 0 Å². The molecule has 3 aromatic rings. The van der Waals surface area contributed by atoms with Crippen molar-refractivity contribution in [3.8, 4) is 11.3 Å². The average molecular weight is 403 g/mol. The van der Waals surface area contributed by atoms with E-state index in [-0.39, 0.29) is 10.5 Å². The molecule has 2 aromatic heterocycles. The van der Waals surface area contributed by atoms with Crippen molar-refractivity contribution in [2.45, 2.75) is 10.3 Å². The summed E-state index contributed by atoms with van der Waals surface area (Å²) in [6, 6.07) is 10.4. The fourth-order valence-corrected chi connectivity index (χ4v) is 4.22. The molecular formula is C19H18FN3O4S. The molecule has 0 saturated carbocycles. The number of nitrogens with zero attached hydrogens (tertiary/aromatic N) is 2. The highest BCUT2D eigenvalue weighted by atomic mass is 32.2. The molecule has 0 spiro atoms. The second kappa shape index (κ2) is 7.91. The Morgan fingerprint density at radius 1 is 1.29 bits per heavy atom. The normalized spacial score (nSPS) is 12.5. The number of rotatable bonds is 6. The molecule has 0 saturated heterocycles. The van der Waals surface area contributed by atoms with Crippen LogP contribution < -0.4 is 5.73 Å². The van der Waals surface area contributed by atoms with Crippen LogP contribution >= 0.6 is 0 Å². The van der Waals surface area contributed by atoms with Gasteiger partial charge >= 0.3 is 5.97 Å². The van der Waals surface area contributed by atoms with Crippen molar-refractivity contribution in [1.82, 2.24) is 9.55 Å². The summed E-state index contributed by atoms with van der Waals surface area (Å²) in [5.74, 6) is -1.34. The highest BCUT2D eigenvalue weighted by Crippen LogP contribution is 2.34. The predicted molar refractivity (Wildman–Crippen MR) is 100 cm³/mol. The molecule has 0 bridgehead atoms. The van der Waals surface area contributed by atoms with Crippen molar-refractivity contribution in [2.75, 3.05) is 6.54 Å². The zero-order chi connectivity index (χ0) is 20.3. The van der Waals surface area contributed by atoms with Gasteiger partial charge in [0, 0.05) is 36.8 Å². The number of carbonyl (C=O) groups is 1. The number of sulfone groups is 1. The number of esters is 1. The van der Waals surface area contributed by atoms with Crippen molar-refractivity contribution >= 4 is 15.8 Å². The molecule has 1 unspecified atom stereocenters. The van der Waals surface area contributed by atoms with Gasteiger partial charge in [-0.25, -0.2) is 12.8 Å². The number of halogens is 1. The van der Waals surface area contributed by atoms with Crippen LogP contribution in [0.4, 0.5) is 4.39 Å². The molecule has 0 amide bonds. The number of hydrogen-bond donors (Lipinski definition) is 1. The second-order valence-electron chi connectivity index (χ2n) is 6.01. The van der Waals surface area contributed by atoms with Crippen LogP contribution in [0.25, 0.3) is 11.3 Å². The SMILES string of the molecule is Cn1cc(C(OC(=O)CN)S(=O)(=O)c2cccnc2)cc1-c1ccccc1F. The zero-order valence-corrected chi connectivity index (χ0v) is 15.8. The molecule has 1 atom stereocenters. The van der Waals surface area contributed by atoms with Gasteiger partial charge in [0.1, 0.15) is 5.82 Å². The van der Waals surface area contributed by atoms with Gasteiger partial charge in [0.05, 0.1) is 17.1 Å². The lowest BCUT2D eigenvalue weighted by Gasteiger charge is -2.17. The number of aromatic nitrogens is 2. The van der Waals surface area contributed by atoms with Gasteiger partial charge in [-0.3, -0.25) is 9.78 Å². The predicted octanol–water partition coefficient (Wildman–Crippen LogP) is 2.20. The van der Waals surface area contributed by atoms with Gasteiger partial charge in [0.25, 0.3) is 0 Å². The van der Waals surface area contributed by atoms with E-state index in [1.807, 2.05) is 0 Å². The Balaban J connectivity index is 2.11. The summed E-state index contributed by atoms with van der Waals surface area (Å²) in [5.41, 5.74) is 4.55. The van der Waals surface area contributed by atoms with Crippen molar-refractivity contribution in [2.24, 2.45) is 12.8 Å². The minimum Gasteiger partial charge on any atom is -0.439 e. The average Bonchev–Trinajstić information content (AvgIpc) is 3.07. The third-order valence-electron chi connectivity index (χ3n) is 4.10. The summed E-state index contributed by atoms with van der Waals surface area (Å²) in [7, 11) is -2.48. The first-order valence-corrected chi connectivity index (χ1v) is 9.84. The molecule has 3 rings (SSSR count). The molecular weight excluding hydrogens is 385 g/mol. The Morgan fingerprint density at radius 3 is 2.68 bits per heavy atom. The number of pyridine rings is 1. The molecule has 0 fully saturated rings. The molecule has 0 aliphatic rings. The highest BCUT2D eigenvalue weighted by Gasteiger charge is 2.34. The van der Waals surface area contributed by atoms with Crippen LogP contribution in [-0.4, -0.2) is 30.5 Å². The third kappa shape index (κ3) is 3.80. The largest absolute Gasteiger partial charge is 0.439 e. The van der Waals surface area contributed by atoms with Gasteiger partial charge in [-0.15, -0.1) is 0 Å². The zero-order valence-electron chi connectivity index (χ0n) is 14.9. The van der Waals surface area contributed by atoms with E-state index in [1.54, 1.807) is 29.8 Å². The first kappa shape index (κ1) is 19.7. The van der Waals surface area contributed by atoms with Crippen LogP contribution in [0.15, 0.2) is 66.0 Å². The summed E-state index contributed by atoms with van der Waals surface area (Å²) in [4.78, 5) is 15.5. The number of benzene rings is 1. The number of ether oxygens (including phenoxy) is 1. The topological polar surface area (TPSA) is 104 Å². The summed E-state index contributed by atoms with van der Waals surface area (Å²) in [5, 5.41) is 0. The first-order chi connectivity index (χ1) is 13.3. The summed E-state index contributed by atoms with van der Waals surface area (Å²) >= 11 is 0. The van der Waals surface area contributed by atoms with Gasteiger partial charge in [-0.2, -0.15) is 0 Å².